The Morgan fingerprint density at radius 1 is 0.406 bits per heavy atom. The second kappa shape index (κ2) is 19.1. The van der Waals surface area contributed by atoms with E-state index in [0.717, 1.165) is 10.9 Å². The molecule has 0 saturated heterocycles. The molecule has 1 heterocycles. The summed E-state index contributed by atoms with van der Waals surface area (Å²) in [6, 6.07) is 20.1. The Morgan fingerprint density at radius 2 is 0.710 bits per heavy atom. The number of para-hydroxylation sites is 1. The fraction of sp³-hybridized carbons (Fsp3) is 0.0465. The molecule has 6 aromatic carbocycles. The lowest BCUT2D eigenvalue weighted by molar-refractivity contribution is -0.662. The summed E-state index contributed by atoms with van der Waals surface area (Å²) in [7, 11) is 0. The largest absolute Gasteiger partial charge is 0.479 e. The first-order valence-corrected chi connectivity index (χ1v) is 18.4. The number of carboxylic acid groups (broad SMARTS) is 1. The zero-order valence-electron chi connectivity index (χ0n) is 33.0. The Bertz CT molecular complexity index is 2880. The van der Waals surface area contributed by atoms with Crippen LogP contribution < -0.4 is 31.2 Å². The van der Waals surface area contributed by atoms with Gasteiger partial charge in [-0.1, -0.05) is 42.5 Å². The number of fused-ring (bicyclic) bond motifs is 1. The van der Waals surface area contributed by atoms with Gasteiger partial charge in [-0.15, -0.1) is 21.9 Å². The summed E-state index contributed by atoms with van der Waals surface area (Å²) in [5.41, 5.74) is -12.9. The molecule has 0 aliphatic heterocycles. The topological polar surface area (TPSA) is 67.5 Å². The van der Waals surface area contributed by atoms with Crippen LogP contribution in [-0.4, -0.2) is 29.6 Å². The number of rotatable bonds is 10. The van der Waals surface area contributed by atoms with Crippen molar-refractivity contribution in [2.24, 2.45) is 0 Å². The summed E-state index contributed by atoms with van der Waals surface area (Å²) in [6.45, 7) is -0.391. The van der Waals surface area contributed by atoms with Gasteiger partial charge in [0.05, 0.1) is 6.07 Å². The van der Waals surface area contributed by atoms with E-state index in [0.29, 0.717) is 11.4 Å². The molecule has 1 N–H and O–H groups in total. The zero-order valence-corrected chi connectivity index (χ0v) is 33.0. The lowest BCUT2D eigenvalue weighted by atomic mass is 9.12. The third kappa shape index (κ3) is 8.29. The van der Waals surface area contributed by atoms with Crippen LogP contribution in [-0.2, 0) is 11.3 Å². The van der Waals surface area contributed by atoms with E-state index in [1.807, 2.05) is 48.5 Å². The number of halogens is 20. The number of hydrogen-bond donors (Lipinski definition) is 1. The van der Waals surface area contributed by atoms with Crippen molar-refractivity contribution in [1.82, 2.24) is 0 Å². The molecule has 0 aliphatic carbocycles. The van der Waals surface area contributed by atoms with E-state index >= 15 is 35.1 Å². The predicted octanol–water partition coefficient (Wildman–Crippen LogP) is 8.32. The summed E-state index contributed by atoms with van der Waals surface area (Å²) < 4.78 is 301. The molecule has 1 aromatic heterocycles. The third-order valence-electron chi connectivity index (χ3n) is 10.3. The average molecular weight is 1000 g/mol. The van der Waals surface area contributed by atoms with Crippen LogP contribution in [0.3, 0.4) is 0 Å². The van der Waals surface area contributed by atoms with Gasteiger partial charge in [-0.05, 0) is 12.1 Å². The van der Waals surface area contributed by atoms with Crippen LogP contribution in [0.1, 0.15) is 10.4 Å². The number of nitrogens with zero attached hydrogens (tertiary/aromatic N) is 1. The van der Waals surface area contributed by atoms with Crippen molar-refractivity contribution in [3.05, 3.63) is 189 Å². The van der Waals surface area contributed by atoms with Gasteiger partial charge < -0.3 is 9.84 Å². The third-order valence-corrected chi connectivity index (χ3v) is 10.3. The van der Waals surface area contributed by atoms with Crippen molar-refractivity contribution in [3.8, 4) is 5.88 Å². The highest BCUT2D eigenvalue weighted by Crippen LogP contribution is 2.31. The van der Waals surface area contributed by atoms with Gasteiger partial charge >= 0.3 is 11.8 Å². The first kappa shape index (κ1) is 50.7. The van der Waals surface area contributed by atoms with E-state index in [2.05, 4.69) is 0 Å². The maximum absolute atomic E-state index is 15.4. The molecular weight excluding hydrogens is 985 g/mol. The van der Waals surface area contributed by atoms with Gasteiger partial charge in [-0.25, -0.2) is 92.6 Å². The molecule has 0 unspecified atom stereocenters. The molecule has 5 nitrogen and oxygen atoms in total. The quantitative estimate of drug-likeness (QED) is 0.0374. The van der Waals surface area contributed by atoms with E-state index < -0.39 is 157 Å². The van der Waals surface area contributed by atoms with Gasteiger partial charge in [0.15, 0.2) is 76.4 Å². The number of pyridine rings is 1. The van der Waals surface area contributed by atoms with Crippen LogP contribution >= 0.6 is 0 Å². The summed E-state index contributed by atoms with van der Waals surface area (Å²) in [5.74, 6) is -72.2. The molecule has 0 bridgehead atoms. The molecule has 0 amide bonds. The normalized spacial score (nSPS) is 11.5. The highest BCUT2D eigenvalue weighted by Gasteiger charge is 2.52. The van der Waals surface area contributed by atoms with Crippen molar-refractivity contribution in [2.45, 2.75) is 6.54 Å². The molecule has 0 aliphatic rings. The number of aromatic nitrogens is 1. The SMILES string of the molecule is Fc1c(F)c(F)c([B-](c2c(F)c(F)c(F)c(F)c2F)(c2c(F)c(F)c(F)c(F)c2F)c2c(F)c(F)c(F)c(F)c2F)c(F)c1F.O=C(O)COc1ccc2ccccc2[n+]1CC(=O)c1ccccc1. The van der Waals surface area contributed by atoms with E-state index in [9.17, 15) is 62.3 Å². The molecule has 26 heteroatoms. The number of aliphatic carboxylic acids is 1. The highest BCUT2D eigenvalue weighted by molar-refractivity contribution is 7.20. The smallest absolute Gasteiger partial charge is 0.369 e. The lowest BCUT2D eigenvalue weighted by Gasteiger charge is -2.44. The predicted molar refractivity (Wildman–Crippen MR) is 197 cm³/mol. The van der Waals surface area contributed by atoms with Crippen molar-refractivity contribution in [1.29, 1.82) is 0 Å². The fourth-order valence-electron chi connectivity index (χ4n) is 7.40. The van der Waals surface area contributed by atoms with Crippen LogP contribution in [0.4, 0.5) is 87.8 Å². The molecule has 69 heavy (non-hydrogen) atoms. The van der Waals surface area contributed by atoms with Gasteiger partial charge in [-0.2, -0.15) is 4.57 Å². The summed E-state index contributed by atoms with van der Waals surface area (Å²) in [4.78, 5) is 23.3. The van der Waals surface area contributed by atoms with Crippen LogP contribution in [0.25, 0.3) is 10.9 Å². The molecule has 0 saturated carbocycles. The van der Waals surface area contributed by atoms with Gasteiger partial charge in [0.2, 0.25) is 17.8 Å². The van der Waals surface area contributed by atoms with Crippen LogP contribution in [0.15, 0.2) is 66.7 Å². The van der Waals surface area contributed by atoms with Crippen molar-refractivity contribution < 1.29 is 112 Å². The Hall–Kier alpha value is -7.67. The number of ketones is 1. The molecular formula is C43H16BF20NO4. The molecule has 360 valence electrons. The summed E-state index contributed by atoms with van der Waals surface area (Å²) in [5, 5.41) is 9.78. The Labute approximate surface area is 369 Å². The van der Waals surface area contributed by atoms with Gasteiger partial charge in [0.25, 0.3) is 0 Å². The molecule has 0 radical (unpaired) electrons. The molecule has 0 atom stereocenters. The van der Waals surface area contributed by atoms with Crippen LogP contribution in [0.2, 0.25) is 0 Å². The number of ether oxygens (including phenoxy) is 1. The van der Waals surface area contributed by atoms with Crippen LogP contribution in [0.5, 0.6) is 5.88 Å². The molecule has 7 aromatic rings. The number of Topliss-reactive ketones (excluding diaryl/α,β-unsaturated/α-hetero) is 1. The summed E-state index contributed by atoms with van der Waals surface area (Å²) >= 11 is 0. The molecule has 0 fully saturated rings. The van der Waals surface area contributed by atoms with E-state index in [1.54, 1.807) is 22.8 Å². The molecule has 0 spiro atoms. The van der Waals surface area contributed by atoms with E-state index in [-0.39, 0.29) is 12.3 Å². The number of benzene rings is 6. The monoisotopic (exact) mass is 1000 g/mol. The Balaban J connectivity index is 0.000000273. The van der Waals surface area contributed by atoms with Crippen molar-refractivity contribution in [3.63, 3.8) is 0 Å². The Morgan fingerprint density at radius 3 is 1.04 bits per heavy atom. The second-order valence-electron chi connectivity index (χ2n) is 14.1. The van der Waals surface area contributed by atoms with Gasteiger partial charge in [0.1, 0.15) is 52.7 Å². The standard InChI is InChI=1S/C24BF20.C19H15NO4/c26-5-1(6(27)14(35)21(42)13(5)34)25(2-7(28)15(36)22(43)16(37)8(2)29,3-9(30)17(38)23(44)18(39)10(3)31)4-11(32)19(40)24(45)20(41)12(4)33;21-17(15-7-2-1-3-8-15)12-20-16-9-5-4-6-14(16)10-11-18(20)24-13-19(22)23/h;1-11H,12-13H2/q-1;/p+1. The second-order valence-corrected chi connectivity index (χ2v) is 14.1. The fourth-order valence-corrected chi connectivity index (χ4v) is 7.40. The number of carbonyl (C=O) groups excluding carboxylic acids is 1. The van der Waals surface area contributed by atoms with E-state index in [1.165, 1.54) is 0 Å². The zero-order chi connectivity index (χ0) is 51.3. The maximum Gasteiger partial charge on any atom is 0.369 e. The van der Waals surface area contributed by atoms with E-state index in [4.69, 9.17) is 9.84 Å². The average Bonchev–Trinajstić information content (AvgIpc) is 3.33. The van der Waals surface area contributed by atoms with Crippen molar-refractivity contribution >= 4 is 50.7 Å². The highest BCUT2D eigenvalue weighted by atomic mass is 19.2. The minimum absolute atomic E-state index is 0.0698. The van der Waals surface area contributed by atoms with Gasteiger partial charge in [0, 0.05) is 17.0 Å². The van der Waals surface area contributed by atoms with Gasteiger partial charge in [-0.3, -0.25) is 4.79 Å². The Kier molecular flexibility index (Phi) is 14.1. The minimum atomic E-state index is -7.22. The van der Waals surface area contributed by atoms with Crippen molar-refractivity contribution in [2.75, 3.05) is 6.61 Å². The summed E-state index contributed by atoms with van der Waals surface area (Å²) in [6.07, 6.45) is -7.22. The lowest BCUT2D eigenvalue weighted by Crippen LogP contribution is -2.81. The maximum atomic E-state index is 15.4. The minimum Gasteiger partial charge on any atom is -0.479 e. The first-order valence-electron chi connectivity index (χ1n) is 18.4. The van der Waals surface area contributed by atoms with Crippen LogP contribution in [0, 0.1) is 116 Å². The molecule has 7 rings (SSSR count). The number of hydrogen-bond acceptors (Lipinski definition) is 3. The number of carboxylic acids is 1. The first-order chi connectivity index (χ1) is 32.3. The number of carbonyl (C=O) groups is 2.